The summed E-state index contributed by atoms with van der Waals surface area (Å²) in [6, 6.07) is 15.3. The molecule has 3 aromatic rings. The minimum Gasteiger partial charge on any atom is -0.496 e. The van der Waals surface area contributed by atoms with Crippen LogP contribution in [-0.2, 0) is 12.7 Å². The summed E-state index contributed by atoms with van der Waals surface area (Å²) in [5.74, 6) is -0.588. The minimum atomic E-state index is -4.65. The topological polar surface area (TPSA) is 76.9 Å². The van der Waals surface area contributed by atoms with E-state index < -0.39 is 12.0 Å². The summed E-state index contributed by atoms with van der Waals surface area (Å²) in [6.07, 6.45) is -2.63. The summed E-state index contributed by atoms with van der Waals surface area (Å²) < 4.78 is 45.7. The molecule has 7 nitrogen and oxygen atoms in total. The van der Waals surface area contributed by atoms with Crippen molar-refractivity contribution in [2.75, 3.05) is 13.7 Å². The molecule has 0 radical (unpaired) electrons. The number of piperidine rings is 1. The smallest absolute Gasteiger partial charge is 0.453 e. The molecule has 1 aromatic heterocycles. The average Bonchev–Trinajstić information content (AvgIpc) is 3.29. The normalized spacial score (nSPS) is 19.4. The van der Waals surface area contributed by atoms with E-state index in [1.807, 2.05) is 18.2 Å². The van der Waals surface area contributed by atoms with Crippen molar-refractivity contribution >= 4 is 0 Å². The van der Waals surface area contributed by atoms with Crippen LogP contribution in [0.1, 0.15) is 35.8 Å². The molecule has 0 spiro atoms. The molecule has 2 aromatic carbocycles. The first-order chi connectivity index (χ1) is 15.0. The number of tetrazole rings is 1. The van der Waals surface area contributed by atoms with Crippen LogP contribution in [0, 0.1) is 0 Å². The highest BCUT2D eigenvalue weighted by Gasteiger charge is 2.38. The molecule has 164 valence electrons. The van der Waals surface area contributed by atoms with Gasteiger partial charge in [0.05, 0.1) is 12.8 Å². The van der Waals surface area contributed by atoms with Crippen LogP contribution in [0.15, 0.2) is 48.5 Å². The highest BCUT2D eigenvalue weighted by molar-refractivity contribution is 5.44. The van der Waals surface area contributed by atoms with Crippen LogP contribution in [0.4, 0.5) is 13.2 Å². The number of nitrogens with zero attached hydrogens (tertiary/aromatic N) is 4. The number of alkyl halides is 3. The summed E-state index contributed by atoms with van der Waals surface area (Å²) in [6.45, 7) is 1.37. The highest BCUT2D eigenvalue weighted by Crippen LogP contribution is 2.30. The van der Waals surface area contributed by atoms with Crippen molar-refractivity contribution in [3.63, 3.8) is 0 Å². The van der Waals surface area contributed by atoms with Gasteiger partial charge in [0.2, 0.25) is 0 Å². The van der Waals surface area contributed by atoms with E-state index in [-0.39, 0.29) is 17.8 Å². The first kappa shape index (κ1) is 21.3. The SMILES string of the molecule is COc1ccc(-n2nnnc2C(F)(F)F)cc1CNC1CCCN[C@H]1c1ccccc1. The van der Waals surface area contributed by atoms with Crippen LogP contribution < -0.4 is 15.4 Å². The fraction of sp³-hybridized carbons (Fsp3) is 0.381. The van der Waals surface area contributed by atoms with Gasteiger partial charge in [0.25, 0.3) is 5.82 Å². The Morgan fingerprint density at radius 2 is 2.00 bits per heavy atom. The molecular weight excluding hydrogens is 409 g/mol. The van der Waals surface area contributed by atoms with Gasteiger partial charge in [-0.3, -0.25) is 0 Å². The van der Waals surface area contributed by atoms with Crippen LogP contribution in [0.2, 0.25) is 0 Å². The lowest BCUT2D eigenvalue weighted by molar-refractivity contribution is -0.146. The molecule has 0 bridgehead atoms. The second-order valence-electron chi connectivity index (χ2n) is 7.38. The molecule has 10 heteroatoms. The van der Waals surface area contributed by atoms with Crippen LogP contribution in [0.25, 0.3) is 5.69 Å². The second-order valence-corrected chi connectivity index (χ2v) is 7.38. The molecule has 1 fully saturated rings. The molecule has 1 unspecified atom stereocenters. The van der Waals surface area contributed by atoms with Gasteiger partial charge in [0, 0.05) is 24.2 Å². The zero-order chi connectivity index (χ0) is 21.8. The maximum Gasteiger partial charge on any atom is 0.453 e. The van der Waals surface area contributed by atoms with E-state index in [9.17, 15) is 13.2 Å². The van der Waals surface area contributed by atoms with Crippen molar-refractivity contribution in [3.8, 4) is 11.4 Å². The Labute approximate surface area is 177 Å². The largest absolute Gasteiger partial charge is 0.496 e. The monoisotopic (exact) mass is 432 g/mol. The average molecular weight is 432 g/mol. The van der Waals surface area contributed by atoms with Crippen LogP contribution in [0.3, 0.4) is 0 Å². The lowest BCUT2D eigenvalue weighted by atomic mass is 9.92. The first-order valence-corrected chi connectivity index (χ1v) is 10.0. The third-order valence-electron chi connectivity index (χ3n) is 5.40. The van der Waals surface area contributed by atoms with Gasteiger partial charge in [-0.05, 0) is 53.6 Å². The molecule has 1 aliphatic rings. The number of nitrogens with one attached hydrogen (secondary N) is 2. The number of methoxy groups -OCH3 is 1. The van der Waals surface area contributed by atoms with Gasteiger partial charge in [-0.15, -0.1) is 5.10 Å². The second kappa shape index (κ2) is 9.03. The predicted octanol–water partition coefficient (Wildman–Crippen LogP) is 3.27. The van der Waals surface area contributed by atoms with Gasteiger partial charge >= 0.3 is 6.18 Å². The quantitative estimate of drug-likeness (QED) is 0.623. The maximum absolute atomic E-state index is 13.2. The van der Waals surface area contributed by atoms with E-state index >= 15 is 0 Å². The Bertz CT molecular complexity index is 1010. The molecule has 4 rings (SSSR count). The lowest BCUT2D eigenvalue weighted by Gasteiger charge is -2.34. The molecule has 1 aliphatic heterocycles. The van der Waals surface area contributed by atoms with Gasteiger partial charge in [-0.2, -0.15) is 17.9 Å². The Kier molecular flexibility index (Phi) is 6.19. The van der Waals surface area contributed by atoms with Crippen molar-refractivity contribution in [1.82, 2.24) is 30.8 Å². The summed E-state index contributed by atoms with van der Waals surface area (Å²) >= 11 is 0. The summed E-state index contributed by atoms with van der Waals surface area (Å²) in [4.78, 5) is 0. The third kappa shape index (κ3) is 4.70. The van der Waals surface area contributed by atoms with Crippen LogP contribution >= 0.6 is 0 Å². The fourth-order valence-electron chi connectivity index (χ4n) is 3.93. The van der Waals surface area contributed by atoms with E-state index in [0.29, 0.717) is 17.0 Å². The number of halogens is 3. The number of aromatic nitrogens is 4. The number of benzene rings is 2. The van der Waals surface area contributed by atoms with Gasteiger partial charge < -0.3 is 15.4 Å². The molecular formula is C21H23F3N6O. The van der Waals surface area contributed by atoms with E-state index in [0.717, 1.165) is 24.9 Å². The Balaban J connectivity index is 1.57. The van der Waals surface area contributed by atoms with Crippen molar-refractivity contribution in [2.45, 2.75) is 37.6 Å². The van der Waals surface area contributed by atoms with Crippen molar-refractivity contribution < 1.29 is 17.9 Å². The van der Waals surface area contributed by atoms with Gasteiger partial charge in [0.1, 0.15) is 5.75 Å². The van der Waals surface area contributed by atoms with E-state index in [4.69, 9.17) is 4.74 Å². The number of hydrogen-bond donors (Lipinski definition) is 2. The standard InChI is InChI=1S/C21H23F3N6O/c1-31-18-10-9-16(30-20(21(22,23)24)27-28-29-30)12-15(18)13-26-17-8-5-11-25-19(17)14-6-3-2-4-7-14/h2-4,6-7,9-10,12,17,19,25-26H,5,8,11,13H2,1H3/t17?,19-/m0/s1. The number of ether oxygens (including phenoxy) is 1. The minimum absolute atomic E-state index is 0.153. The molecule has 2 N–H and O–H groups in total. The van der Waals surface area contributed by atoms with Gasteiger partial charge in [-0.1, -0.05) is 30.3 Å². The van der Waals surface area contributed by atoms with Gasteiger partial charge in [-0.25, -0.2) is 0 Å². The Morgan fingerprint density at radius 3 is 2.74 bits per heavy atom. The van der Waals surface area contributed by atoms with Gasteiger partial charge in [0.15, 0.2) is 0 Å². The molecule has 0 saturated carbocycles. The van der Waals surface area contributed by atoms with E-state index in [1.165, 1.54) is 18.7 Å². The lowest BCUT2D eigenvalue weighted by Crippen LogP contribution is -2.45. The Morgan fingerprint density at radius 1 is 1.19 bits per heavy atom. The van der Waals surface area contributed by atoms with E-state index in [2.05, 4.69) is 38.3 Å². The highest BCUT2D eigenvalue weighted by atomic mass is 19.4. The molecule has 0 aliphatic carbocycles. The predicted molar refractivity (Wildman–Crippen MR) is 108 cm³/mol. The van der Waals surface area contributed by atoms with Crippen molar-refractivity contribution in [1.29, 1.82) is 0 Å². The molecule has 31 heavy (non-hydrogen) atoms. The first-order valence-electron chi connectivity index (χ1n) is 10.0. The fourth-order valence-corrected chi connectivity index (χ4v) is 3.93. The molecule has 2 atom stereocenters. The third-order valence-corrected chi connectivity index (χ3v) is 5.40. The van der Waals surface area contributed by atoms with Crippen LogP contribution in [-0.4, -0.2) is 39.9 Å². The van der Waals surface area contributed by atoms with Crippen molar-refractivity contribution in [2.24, 2.45) is 0 Å². The summed E-state index contributed by atoms with van der Waals surface area (Å²) in [7, 11) is 1.53. The molecule has 0 amide bonds. The zero-order valence-electron chi connectivity index (χ0n) is 16.9. The Hall–Kier alpha value is -2.98. The van der Waals surface area contributed by atoms with Crippen molar-refractivity contribution in [3.05, 3.63) is 65.5 Å². The molecule has 2 heterocycles. The van der Waals surface area contributed by atoms with Crippen LogP contribution in [0.5, 0.6) is 5.75 Å². The summed E-state index contributed by atoms with van der Waals surface area (Å²) in [5.41, 5.74) is 2.14. The number of hydrogen-bond acceptors (Lipinski definition) is 6. The molecule has 1 saturated heterocycles. The van der Waals surface area contributed by atoms with E-state index in [1.54, 1.807) is 12.1 Å². The summed E-state index contributed by atoms with van der Waals surface area (Å²) in [5, 5.41) is 16.9. The zero-order valence-corrected chi connectivity index (χ0v) is 16.9. The number of rotatable bonds is 6. The maximum atomic E-state index is 13.2.